The van der Waals surface area contributed by atoms with Crippen molar-refractivity contribution >= 4 is 27.6 Å². The molecule has 2 aromatic rings. The van der Waals surface area contributed by atoms with Crippen molar-refractivity contribution in [2.45, 2.75) is 6.54 Å². The zero-order chi connectivity index (χ0) is 14.0. The summed E-state index contributed by atoms with van der Waals surface area (Å²) in [7, 11) is 0. The summed E-state index contributed by atoms with van der Waals surface area (Å²) < 4.78 is 2.11. The number of nitrogens with zero attached hydrogens (tertiary/aromatic N) is 3. The Kier molecular flexibility index (Phi) is 3.61. The fourth-order valence-electron chi connectivity index (χ4n) is 1.60. The first kappa shape index (κ1) is 13.2. The second-order valence-corrected chi connectivity index (χ2v) is 4.67. The quantitative estimate of drug-likeness (QED) is 0.687. The molecule has 0 aliphatic heterocycles. The van der Waals surface area contributed by atoms with E-state index in [0.717, 1.165) is 16.2 Å². The van der Waals surface area contributed by atoms with Crippen LogP contribution in [0.1, 0.15) is 16.1 Å². The van der Waals surface area contributed by atoms with E-state index < -0.39 is 22.3 Å². The number of hydrogen-bond donors (Lipinski definition) is 1. The zero-order valence-corrected chi connectivity index (χ0v) is 11.1. The maximum atomic E-state index is 10.9. The molecule has 1 aromatic heterocycles. The van der Waals surface area contributed by atoms with Gasteiger partial charge < -0.3 is 5.11 Å². The van der Waals surface area contributed by atoms with E-state index in [2.05, 4.69) is 21.0 Å². The molecule has 0 saturated carbocycles. The highest BCUT2D eigenvalue weighted by molar-refractivity contribution is 9.10. The number of aromatic nitrogens is 2. The first-order valence-corrected chi connectivity index (χ1v) is 5.96. The smallest absolute Gasteiger partial charge is 0.363 e. The third-order valence-corrected chi connectivity index (χ3v) is 2.87. The van der Waals surface area contributed by atoms with Gasteiger partial charge in [0.25, 0.3) is 0 Å². The van der Waals surface area contributed by atoms with E-state index >= 15 is 0 Å². The van der Waals surface area contributed by atoms with Crippen LogP contribution in [0.25, 0.3) is 0 Å². The van der Waals surface area contributed by atoms with Crippen LogP contribution >= 0.6 is 15.9 Å². The average molecular weight is 326 g/mol. The fraction of sp³-hybridized carbons (Fsp3) is 0.0909. The lowest BCUT2D eigenvalue weighted by Gasteiger charge is -2.01. The molecule has 0 saturated heterocycles. The van der Waals surface area contributed by atoms with Crippen LogP contribution in [-0.2, 0) is 6.54 Å². The third kappa shape index (κ3) is 2.97. The summed E-state index contributed by atoms with van der Waals surface area (Å²) >= 11 is 3.31. The number of halogens is 1. The van der Waals surface area contributed by atoms with Crippen molar-refractivity contribution in [3.05, 3.63) is 56.3 Å². The summed E-state index contributed by atoms with van der Waals surface area (Å²) in [6, 6.07) is 7.31. The van der Waals surface area contributed by atoms with E-state index in [9.17, 15) is 14.9 Å². The Balaban J connectivity index is 2.34. The Bertz CT molecular complexity index is 622. The predicted octanol–water partition coefficient (Wildman–Crippen LogP) is 2.30. The third-order valence-electron chi connectivity index (χ3n) is 2.38. The lowest BCUT2D eigenvalue weighted by atomic mass is 10.2. The molecule has 0 aliphatic carbocycles. The highest BCUT2D eigenvalue weighted by atomic mass is 79.9. The maximum Gasteiger partial charge on any atom is 0.363 e. The minimum Gasteiger partial charge on any atom is -0.476 e. The molecule has 1 N–H and O–H groups in total. The summed E-state index contributed by atoms with van der Waals surface area (Å²) in [6.45, 7) is 0.257. The van der Waals surface area contributed by atoms with E-state index in [1.54, 1.807) is 0 Å². The Morgan fingerprint density at radius 1 is 1.53 bits per heavy atom. The summed E-state index contributed by atoms with van der Waals surface area (Å²) in [5.41, 5.74) is -0.216. The zero-order valence-electron chi connectivity index (χ0n) is 9.49. The first-order valence-electron chi connectivity index (χ1n) is 5.17. The molecule has 19 heavy (non-hydrogen) atoms. The number of benzene rings is 1. The summed E-state index contributed by atoms with van der Waals surface area (Å²) in [4.78, 5) is 20.8. The van der Waals surface area contributed by atoms with E-state index in [1.165, 1.54) is 4.68 Å². The Labute approximate surface area is 115 Å². The SMILES string of the molecule is O=C(O)c1nn(Cc2cccc(Br)c2)cc1[N+](=O)[O-]. The molecule has 0 aliphatic rings. The largest absolute Gasteiger partial charge is 0.476 e. The number of hydrogen-bond acceptors (Lipinski definition) is 4. The predicted molar refractivity (Wildman–Crippen MR) is 69.1 cm³/mol. The van der Waals surface area contributed by atoms with Gasteiger partial charge in [0.05, 0.1) is 11.5 Å². The van der Waals surface area contributed by atoms with Crippen LogP contribution in [-0.4, -0.2) is 25.8 Å². The van der Waals surface area contributed by atoms with Crippen molar-refractivity contribution in [1.82, 2.24) is 9.78 Å². The topological polar surface area (TPSA) is 98.3 Å². The van der Waals surface area contributed by atoms with Crippen LogP contribution < -0.4 is 0 Å². The van der Waals surface area contributed by atoms with Gasteiger partial charge in [-0.25, -0.2) is 4.79 Å². The van der Waals surface area contributed by atoms with Crippen molar-refractivity contribution in [2.24, 2.45) is 0 Å². The first-order chi connectivity index (χ1) is 8.97. The number of carbonyl (C=O) groups is 1. The van der Waals surface area contributed by atoms with Crippen LogP contribution in [0.4, 0.5) is 5.69 Å². The van der Waals surface area contributed by atoms with Crippen LogP contribution in [0, 0.1) is 10.1 Å². The molecule has 0 fully saturated rings. The molecular weight excluding hydrogens is 318 g/mol. The number of nitro groups is 1. The van der Waals surface area contributed by atoms with Crippen LogP contribution in [0.3, 0.4) is 0 Å². The molecule has 0 radical (unpaired) electrons. The molecule has 0 bridgehead atoms. The maximum absolute atomic E-state index is 10.9. The molecule has 0 unspecified atom stereocenters. The second kappa shape index (κ2) is 5.19. The number of carboxylic acid groups (broad SMARTS) is 1. The van der Waals surface area contributed by atoms with Crippen LogP contribution in [0.2, 0.25) is 0 Å². The van der Waals surface area contributed by atoms with Gasteiger partial charge in [-0.3, -0.25) is 14.8 Å². The summed E-state index contributed by atoms with van der Waals surface area (Å²) in [5, 5.41) is 23.3. The highest BCUT2D eigenvalue weighted by Gasteiger charge is 2.25. The molecule has 0 atom stereocenters. The minimum absolute atomic E-state index is 0.257. The standard InChI is InChI=1S/C11H8BrN3O4/c12-8-3-1-2-7(4-8)5-14-6-9(15(18)19)10(13-14)11(16)17/h1-4,6H,5H2,(H,16,17). The van der Waals surface area contributed by atoms with Crippen molar-refractivity contribution in [2.75, 3.05) is 0 Å². The second-order valence-electron chi connectivity index (χ2n) is 3.75. The van der Waals surface area contributed by atoms with Gasteiger partial charge in [-0.2, -0.15) is 5.10 Å². The normalized spacial score (nSPS) is 10.4. The molecule has 2 rings (SSSR count). The average Bonchev–Trinajstić information content (AvgIpc) is 2.73. The van der Waals surface area contributed by atoms with E-state index in [-0.39, 0.29) is 6.54 Å². The molecule has 7 nitrogen and oxygen atoms in total. The summed E-state index contributed by atoms with van der Waals surface area (Å²) in [6.07, 6.45) is 1.12. The van der Waals surface area contributed by atoms with E-state index in [1.807, 2.05) is 24.3 Å². The number of rotatable bonds is 4. The minimum atomic E-state index is -1.42. The van der Waals surface area contributed by atoms with Gasteiger partial charge in [0.15, 0.2) is 0 Å². The molecule has 0 amide bonds. The number of aromatic carboxylic acids is 1. The Hall–Kier alpha value is -2.22. The van der Waals surface area contributed by atoms with E-state index in [4.69, 9.17) is 5.11 Å². The molecule has 1 aromatic carbocycles. The van der Waals surface area contributed by atoms with Gasteiger partial charge in [0.2, 0.25) is 5.69 Å². The van der Waals surface area contributed by atoms with Gasteiger partial charge in [-0.15, -0.1) is 0 Å². The number of carboxylic acids is 1. The molecule has 0 spiro atoms. The highest BCUT2D eigenvalue weighted by Crippen LogP contribution is 2.18. The van der Waals surface area contributed by atoms with Crippen LogP contribution in [0.5, 0.6) is 0 Å². The van der Waals surface area contributed by atoms with Gasteiger partial charge >= 0.3 is 11.7 Å². The Morgan fingerprint density at radius 2 is 2.26 bits per heavy atom. The van der Waals surface area contributed by atoms with Gasteiger partial charge in [0.1, 0.15) is 6.20 Å². The summed E-state index contributed by atoms with van der Waals surface area (Å²) in [5.74, 6) is -1.42. The van der Waals surface area contributed by atoms with Gasteiger partial charge in [0, 0.05) is 4.47 Å². The lowest BCUT2D eigenvalue weighted by molar-refractivity contribution is -0.385. The van der Waals surface area contributed by atoms with Crippen LogP contribution in [0.15, 0.2) is 34.9 Å². The molecule has 8 heteroatoms. The van der Waals surface area contributed by atoms with Crippen molar-refractivity contribution in [3.63, 3.8) is 0 Å². The van der Waals surface area contributed by atoms with Crippen molar-refractivity contribution in [3.8, 4) is 0 Å². The molecular formula is C11H8BrN3O4. The lowest BCUT2D eigenvalue weighted by Crippen LogP contribution is -2.04. The fourth-order valence-corrected chi connectivity index (χ4v) is 2.05. The van der Waals surface area contributed by atoms with Gasteiger partial charge in [-0.1, -0.05) is 28.1 Å². The Morgan fingerprint density at radius 3 is 2.79 bits per heavy atom. The van der Waals surface area contributed by atoms with Gasteiger partial charge in [-0.05, 0) is 17.7 Å². The van der Waals surface area contributed by atoms with Crippen molar-refractivity contribution in [1.29, 1.82) is 0 Å². The van der Waals surface area contributed by atoms with E-state index in [0.29, 0.717) is 0 Å². The monoisotopic (exact) mass is 325 g/mol. The molecule has 1 heterocycles. The van der Waals surface area contributed by atoms with Crippen molar-refractivity contribution < 1.29 is 14.8 Å². The molecule has 98 valence electrons.